The van der Waals surface area contributed by atoms with E-state index in [2.05, 4.69) is 200 Å². The molecule has 9 aromatic rings. The van der Waals surface area contributed by atoms with Gasteiger partial charge in [-0.1, -0.05) is 176 Å². The third kappa shape index (κ3) is 4.98. The maximum atomic E-state index is 6.71. The lowest BCUT2D eigenvalue weighted by molar-refractivity contribution is 0.436. The molecule has 0 radical (unpaired) electrons. The molecule has 3 heteroatoms. The van der Waals surface area contributed by atoms with Gasteiger partial charge in [0.15, 0.2) is 5.82 Å². The van der Waals surface area contributed by atoms with Gasteiger partial charge < -0.3 is 4.74 Å². The van der Waals surface area contributed by atoms with Crippen molar-refractivity contribution in [2.24, 2.45) is 0 Å². The zero-order valence-electron chi connectivity index (χ0n) is 30.4. The highest BCUT2D eigenvalue weighted by molar-refractivity contribution is 5.90. The van der Waals surface area contributed by atoms with Crippen molar-refractivity contribution in [1.29, 1.82) is 0 Å². The van der Waals surface area contributed by atoms with Crippen molar-refractivity contribution in [3.8, 4) is 78.8 Å². The highest BCUT2D eigenvalue weighted by Gasteiger charge is 2.51. The van der Waals surface area contributed by atoms with Crippen LogP contribution in [0.3, 0.4) is 0 Å². The van der Waals surface area contributed by atoms with Crippen molar-refractivity contribution in [1.82, 2.24) is 9.97 Å². The Morgan fingerprint density at radius 2 is 0.821 bits per heavy atom. The predicted octanol–water partition coefficient (Wildman–Crippen LogP) is 13.3. The molecule has 2 aliphatic rings. The summed E-state index contributed by atoms with van der Waals surface area (Å²) in [5, 5.41) is 0. The molecule has 1 spiro atoms. The van der Waals surface area contributed by atoms with Crippen LogP contribution < -0.4 is 4.74 Å². The first-order chi connectivity index (χ1) is 27.8. The molecule has 3 nitrogen and oxygen atoms in total. The lowest BCUT2D eigenvalue weighted by Crippen LogP contribution is -2.32. The van der Waals surface area contributed by atoms with Crippen LogP contribution in [0.5, 0.6) is 11.5 Å². The Morgan fingerprint density at radius 1 is 0.304 bits per heavy atom. The molecule has 2 heterocycles. The van der Waals surface area contributed by atoms with E-state index in [1.807, 2.05) is 6.07 Å². The van der Waals surface area contributed by atoms with Crippen LogP contribution in [0.1, 0.15) is 22.3 Å². The Labute approximate surface area is 326 Å². The molecule has 8 aromatic carbocycles. The van der Waals surface area contributed by atoms with Crippen LogP contribution in [0.4, 0.5) is 0 Å². The van der Waals surface area contributed by atoms with E-state index >= 15 is 0 Å². The molecule has 0 atom stereocenters. The number of para-hydroxylation sites is 1. The van der Waals surface area contributed by atoms with Crippen LogP contribution in [0.25, 0.3) is 67.3 Å². The molecule has 0 bridgehead atoms. The Morgan fingerprint density at radius 3 is 1.55 bits per heavy atom. The molecule has 1 aromatic heterocycles. The van der Waals surface area contributed by atoms with Gasteiger partial charge >= 0.3 is 0 Å². The summed E-state index contributed by atoms with van der Waals surface area (Å²) in [6, 6.07) is 73.0. The number of nitrogens with zero attached hydrogens (tertiary/aromatic N) is 2. The third-order valence-electron chi connectivity index (χ3n) is 11.4. The largest absolute Gasteiger partial charge is 0.457 e. The third-order valence-corrected chi connectivity index (χ3v) is 11.4. The van der Waals surface area contributed by atoms with E-state index in [1.54, 1.807) is 0 Å². The molecular weight excluding hydrogens is 681 g/mol. The van der Waals surface area contributed by atoms with Gasteiger partial charge in [-0.25, -0.2) is 9.97 Å². The average molecular weight is 715 g/mol. The van der Waals surface area contributed by atoms with Crippen LogP contribution in [-0.4, -0.2) is 9.97 Å². The van der Waals surface area contributed by atoms with Crippen molar-refractivity contribution >= 4 is 0 Å². The second kappa shape index (κ2) is 12.9. The smallest absolute Gasteiger partial charge is 0.160 e. The van der Waals surface area contributed by atoms with Crippen LogP contribution >= 0.6 is 0 Å². The zero-order chi connectivity index (χ0) is 37.1. The summed E-state index contributed by atoms with van der Waals surface area (Å²) in [4.78, 5) is 10.5. The van der Waals surface area contributed by atoms with Gasteiger partial charge in [0.1, 0.15) is 11.5 Å². The molecule has 0 fully saturated rings. The maximum absolute atomic E-state index is 6.71. The number of rotatable bonds is 5. The first-order valence-corrected chi connectivity index (χ1v) is 19.1. The van der Waals surface area contributed by atoms with Crippen molar-refractivity contribution in [3.05, 3.63) is 229 Å². The normalized spacial score (nSPS) is 12.9. The summed E-state index contributed by atoms with van der Waals surface area (Å²) in [6.45, 7) is 0. The number of hydrogen-bond donors (Lipinski definition) is 0. The lowest BCUT2D eigenvalue weighted by Gasteiger charge is -2.39. The van der Waals surface area contributed by atoms with Gasteiger partial charge in [0.2, 0.25) is 0 Å². The summed E-state index contributed by atoms with van der Waals surface area (Å²) in [5.74, 6) is 2.44. The van der Waals surface area contributed by atoms with Gasteiger partial charge in [-0.2, -0.15) is 0 Å². The number of ether oxygens (including phenoxy) is 1. The predicted molar refractivity (Wildman–Crippen MR) is 227 cm³/mol. The Hall–Kier alpha value is -7.36. The number of aromatic nitrogens is 2. The molecule has 262 valence electrons. The van der Waals surface area contributed by atoms with Gasteiger partial charge in [0.05, 0.1) is 16.8 Å². The Balaban J connectivity index is 1.08. The fourth-order valence-corrected chi connectivity index (χ4v) is 8.92. The van der Waals surface area contributed by atoms with Crippen LogP contribution in [0.2, 0.25) is 0 Å². The van der Waals surface area contributed by atoms with Crippen molar-refractivity contribution < 1.29 is 4.74 Å². The standard InChI is InChI=1S/C53H34N2O/c1-3-16-35(17-4-1)40-22-7-8-25-43(40)49-34-48(36-18-5-2-6-19-36)54-52(55-49)39-21-15-20-37(32-39)38-30-31-51-47(33-38)53(46-28-13-14-29-50(46)56-51)44-26-11-9-23-41(44)42-24-10-12-27-45(42)53/h1-34H. The van der Waals surface area contributed by atoms with E-state index in [9.17, 15) is 0 Å². The zero-order valence-corrected chi connectivity index (χ0v) is 30.4. The fraction of sp³-hybridized carbons (Fsp3) is 0.0189. The minimum absolute atomic E-state index is 0.529. The second-order valence-corrected chi connectivity index (χ2v) is 14.5. The summed E-state index contributed by atoms with van der Waals surface area (Å²) in [6.07, 6.45) is 0. The quantitative estimate of drug-likeness (QED) is 0.178. The minimum Gasteiger partial charge on any atom is -0.457 e. The molecule has 0 saturated carbocycles. The van der Waals surface area contributed by atoms with Gasteiger partial charge in [-0.3, -0.25) is 0 Å². The Bertz CT molecular complexity index is 2910. The summed E-state index contributed by atoms with van der Waals surface area (Å²) >= 11 is 0. The van der Waals surface area contributed by atoms with Crippen molar-refractivity contribution in [3.63, 3.8) is 0 Å². The van der Waals surface area contributed by atoms with Gasteiger partial charge in [0.25, 0.3) is 0 Å². The molecule has 0 saturated heterocycles. The molecule has 1 aliphatic heterocycles. The summed E-state index contributed by atoms with van der Waals surface area (Å²) < 4.78 is 6.71. The van der Waals surface area contributed by atoms with E-state index in [0.717, 1.165) is 73.0 Å². The monoisotopic (exact) mass is 714 g/mol. The van der Waals surface area contributed by atoms with Gasteiger partial charge in [-0.05, 0) is 74.8 Å². The van der Waals surface area contributed by atoms with Crippen LogP contribution in [-0.2, 0) is 5.41 Å². The van der Waals surface area contributed by atoms with Gasteiger partial charge in [-0.15, -0.1) is 0 Å². The molecule has 56 heavy (non-hydrogen) atoms. The molecule has 0 amide bonds. The molecule has 0 N–H and O–H groups in total. The first-order valence-electron chi connectivity index (χ1n) is 19.1. The van der Waals surface area contributed by atoms with Crippen molar-refractivity contribution in [2.75, 3.05) is 0 Å². The summed E-state index contributed by atoms with van der Waals surface area (Å²) in [5.41, 5.74) is 16.1. The Kier molecular flexibility index (Phi) is 7.39. The lowest BCUT2D eigenvalue weighted by atomic mass is 9.66. The fourth-order valence-electron chi connectivity index (χ4n) is 8.92. The molecule has 1 aliphatic carbocycles. The first kappa shape index (κ1) is 32.1. The van der Waals surface area contributed by atoms with E-state index < -0.39 is 5.41 Å². The van der Waals surface area contributed by atoms with E-state index in [-0.39, 0.29) is 0 Å². The van der Waals surface area contributed by atoms with E-state index in [0.29, 0.717) is 5.82 Å². The summed E-state index contributed by atoms with van der Waals surface area (Å²) in [7, 11) is 0. The molecule has 0 unspecified atom stereocenters. The van der Waals surface area contributed by atoms with E-state index in [4.69, 9.17) is 14.7 Å². The number of hydrogen-bond acceptors (Lipinski definition) is 3. The van der Waals surface area contributed by atoms with Crippen LogP contribution in [0, 0.1) is 0 Å². The molecule has 11 rings (SSSR count). The van der Waals surface area contributed by atoms with Gasteiger partial charge in [0, 0.05) is 27.8 Å². The molecular formula is C53H34N2O. The highest BCUT2D eigenvalue weighted by Crippen LogP contribution is 2.62. The van der Waals surface area contributed by atoms with Crippen LogP contribution in [0.15, 0.2) is 206 Å². The number of fused-ring (bicyclic) bond motifs is 9. The number of benzene rings is 8. The van der Waals surface area contributed by atoms with E-state index in [1.165, 1.54) is 22.3 Å². The SMILES string of the molecule is c1ccc(-c2cc(-c3ccccc3-c3ccccc3)nc(-c3cccc(-c4ccc5c(c4)C4(c6ccccc6O5)c5ccccc5-c5ccccc54)c3)n2)cc1. The van der Waals surface area contributed by atoms with Crippen molar-refractivity contribution in [2.45, 2.75) is 5.41 Å². The second-order valence-electron chi connectivity index (χ2n) is 14.5. The topological polar surface area (TPSA) is 35.0 Å². The highest BCUT2D eigenvalue weighted by atomic mass is 16.5. The average Bonchev–Trinajstić information content (AvgIpc) is 3.57. The maximum Gasteiger partial charge on any atom is 0.160 e. The minimum atomic E-state index is -0.529.